The third-order valence-corrected chi connectivity index (χ3v) is 2.48. The van der Waals surface area contributed by atoms with E-state index in [-0.39, 0.29) is 18.7 Å². The second-order valence-corrected chi connectivity index (χ2v) is 3.98. The molecule has 1 aromatic carbocycles. The molecular weight excluding hydrogens is 202 g/mol. The van der Waals surface area contributed by atoms with E-state index in [0.29, 0.717) is 6.61 Å². The summed E-state index contributed by atoms with van der Waals surface area (Å²) in [4.78, 5) is 0. The molecule has 1 aromatic rings. The summed E-state index contributed by atoms with van der Waals surface area (Å²) in [5.41, 5.74) is 1.17. The van der Waals surface area contributed by atoms with E-state index < -0.39 is 0 Å². The Labute approximate surface area is 97.4 Å². The van der Waals surface area contributed by atoms with E-state index in [1.165, 1.54) is 5.56 Å². The minimum absolute atomic E-state index is 0.103. The van der Waals surface area contributed by atoms with Crippen LogP contribution in [0.3, 0.4) is 0 Å². The Morgan fingerprint density at radius 2 is 2.12 bits per heavy atom. The molecule has 1 unspecified atom stereocenters. The van der Waals surface area contributed by atoms with Crippen molar-refractivity contribution in [2.75, 3.05) is 13.2 Å². The van der Waals surface area contributed by atoms with E-state index in [0.717, 1.165) is 5.75 Å². The number of aliphatic hydroxyl groups excluding tert-OH is 1. The van der Waals surface area contributed by atoms with Crippen LogP contribution in [0.25, 0.3) is 0 Å². The van der Waals surface area contributed by atoms with Gasteiger partial charge in [-0.15, -0.1) is 0 Å². The number of nitrogens with one attached hydrogen (secondary N) is 1. The average molecular weight is 223 g/mol. The van der Waals surface area contributed by atoms with Gasteiger partial charge in [0.25, 0.3) is 0 Å². The normalized spacial score (nSPS) is 14.5. The Kier molecular flexibility index (Phi) is 5.29. The third-order valence-electron chi connectivity index (χ3n) is 2.48. The molecule has 90 valence electrons. The lowest BCUT2D eigenvalue weighted by Crippen LogP contribution is -2.31. The van der Waals surface area contributed by atoms with Crippen molar-refractivity contribution in [1.29, 1.82) is 0 Å². The number of hydrogen-bond acceptors (Lipinski definition) is 3. The topological polar surface area (TPSA) is 41.5 Å². The molecule has 3 nitrogen and oxygen atoms in total. The number of benzene rings is 1. The van der Waals surface area contributed by atoms with Crippen molar-refractivity contribution < 1.29 is 9.84 Å². The molecule has 16 heavy (non-hydrogen) atoms. The van der Waals surface area contributed by atoms with Crippen LogP contribution in [0.2, 0.25) is 0 Å². The molecular formula is C13H21NO2. The molecule has 0 aliphatic heterocycles. The highest BCUT2D eigenvalue weighted by Crippen LogP contribution is 2.19. The van der Waals surface area contributed by atoms with Crippen molar-refractivity contribution in [3.05, 3.63) is 29.8 Å². The highest BCUT2D eigenvalue weighted by molar-refractivity contribution is 5.30. The molecule has 0 saturated heterocycles. The van der Waals surface area contributed by atoms with E-state index in [1.807, 2.05) is 32.0 Å². The lowest BCUT2D eigenvalue weighted by Gasteiger charge is -2.19. The van der Waals surface area contributed by atoms with Crippen LogP contribution < -0.4 is 10.1 Å². The van der Waals surface area contributed by atoms with Crippen molar-refractivity contribution in [2.24, 2.45) is 0 Å². The maximum atomic E-state index is 8.98. The number of ether oxygens (including phenoxy) is 1. The minimum atomic E-state index is 0.103. The largest absolute Gasteiger partial charge is 0.494 e. The van der Waals surface area contributed by atoms with Crippen LogP contribution in [0.4, 0.5) is 0 Å². The van der Waals surface area contributed by atoms with Crippen LogP contribution in [0.5, 0.6) is 5.75 Å². The van der Waals surface area contributed by atoms with Crippen molar-refractivity contribution in [2.45, 2.75) is 32.9 Å². The summed E-state index contributed by atoms with van der Waals surface area (Å²) >= 11 is 0. The Bertz CT molecular complexity index is 315. The first-order valence-corrected chi connectivity index (χ1v) is 5.77. The summed E-state index contributed by atoms with van der Waals surface area (Å²) in [7, 11) is 0. The molecule has 2 N–H and O–H groups in total. The van der Waals surface area contributed by atoms with Crippen LogP contribution in [-0.4, -0.2) is 24.4 Å². The standard InChI is InChI=1S/C13H21NO2/c1-4-16-13-7-5-6-12(8-13)11(3)14-10(2)9-15/h5-8,10-11,14-15H,4,9H2,1-3H3/t10-,11?/m0/s1. The smallest absolute Gasteiger partial charge is 0.119 e. The van der Waals surface area contributed by atoms with Gasteiger partial charge in [0.15, 0.2) is 0 Å². The van der Waals surface area contributed by atoms with E-state index in [2.05, 4.69) is 18.3 Å². The Balaban J connectivity index is 2.67. The Hall–Kier alpha value is -1.06. The van der Waals surface area contributed by atoms with Crippen LogP contribution in [0.1, 0.15) is 32.4 Å². The van der Waals surface area contributed by atoms with Gasteiger partial charge < -0.3 is 15.2 Å². The molecule has 1 rings (SSSR count). The molecule has 0 heterocycles. The summed E-state index contributed by atoms with van der Waals surface area (Å²) in [5.74, 6) is 0.894. The van der Waals surface area contributed by atoms with Crippen LogP contribution in [-0.2, 0) is 0 Å². The zero-order valence-electron chi connectivity index (χ0n) is 10.2. The van der Waals surface area contributed by atoms with Gasteiger partial charge in [0.1, 0.15) is 5.75 Å². The van der Waals surface area contributed by atoms with Gasteiger partial charge in [-0.05, 0) is 38.5 Å². The van der Waals surface area contributed by atoms with Gasteiger partial charge >= 0.3 is 0 Å². The van der Waals surface area contributed by atoms with Crippen molar-refractivity contribution in [1.82, 2.24) is 5.32 Å². The van der Waals surface area contributed by atoms with E-state index in [4.69, 9.17) is 9.84 Å². The molecule has 3 heteroatoms. The highest BCUT2D eigenvalue weighted by atomic mass is 16.5. The molecule has 0 bridgehead atoms. The SMILES string of the molecule is CCOc1cccc(C(C)N[C@@H](C)CO)c1. The molecule has 0 radical (unpaired) electrons. The van der Waals surface area contributed by atoms with Crippen LogP contribution in [0, 0.1) is 0 Å². The molecule has 0 spiro atoms. The maximum Gasteiger partial charge on any atom is 0.119 e. The first-order valence-electron chi connectivity index (χ1n) is 5.77. The second-order valence-electron chi connectivity index (χ2n) is 3.98. The first-order chi connectivity index (χ1) is 7.67. The first kappa shape index (κ1) is 13.0. The summed E-state index contributed by atoms with van der Waals surface area (Å²) in [6.07, 6.45) is 0. The third kappa shape index (κ3) is 3.83. The van der Waals surface area contributed by atoms with Gasteiger partial charge in [-0.25, -0.2) is 0 Å². The predicted molar refractivity (Wildman–Crippen MR) is 65.7 cm³/mol. The summed E-state index contributed by atoms with van der Waals surface area (Å²) in [6.45, 7) is 6.84. The predicted octanol–water partition coefficient (Wildman–Crippen LogP) is 2.12. The Morgan fingerprint density at radius 3 is 2.75 bits per heavy atom. The van der Waals surface area contributed by atoms with E-state index in [1.54, 1.807) is 0 Å². The van der Waals surface area contributed by atoms with Crippen LogP contribution >= 0.6 is 0 Å². The fraction of sp³-hybridized carbons (Fsp3) is 0.538. The molecule has 0 saturated carbocycles. The maximum absolute atomic E-state index is 8.98. The van der Waals surface area contributed by atoms with E-state index >= 15 is 0 Å². The lowest BCUT2D eigenvalue weighted by molar-refractivity contribution is 0.243. The quantitative estimate of drug-likeness (QED) is 0.776. The van der Waals surface area contributed by atoms with Crippen molar-refractivity contribution in [3.8, 4) is 5.75 Å². The molecule has 0 aliphatic rings. The van der Waals surface area contributed by atoms with Crippen LogP contribution in [0.15, 0.2) is 24.3 Å². The Morgan fingerprint density at radius 1 is 1.38 bits per heavy atom. The number of hydrogen-bond donors (Lipinski definition) is 2. The van der Waals surface area contributed by atoms with Gasteiger partial charge in [0, 0.05) is 12.1 Å². The average Bonchev–Trinajstić information content (AvgIpc) is 2.29. The zero-order valence-corrected chi connectivity index (χ0v) is 10.2. The van der Waals surface area contributed by atoms with Gasteiger partial charge in [-0.2, -0.15) is 0 Å². The summed E-state index contributed by atoms with van der Waals surface area (Å²) in [6, 6.07) is 8.35. The van der Waals surface area contributed by atoms with Gasteiger partial charge in [-0.1, -0.05) is 12.1 Å². The second kappa shape index (κ2) is 6.51. The lowest BCUT2D eigenvalue weighted by atomic mass is 10.1. The zero-order chi connectivity index (χ0) is 12.0. The van der Waals surface area contributed by atoms with Gasteiger partial charge in [0.2, 0.25) is 0 Å². The number of rotatable bonds is 6. The molecule has 0 aromatic heterocycles. The van der Waals surface area contributed by atoms with Gasteiger partial charge in [-0.3, -0.25) is 0 Å². The number of aliphatic hydroxyl groups is 1. The van der Waals surface area contributed by atoms with E-state index in [9.17, 15) is 0 Å². The molecule has 0 amide bonds. The molecule has 2 atom stereocenters. The molecule has 0 aliphatic carbocycles. The monoisotopic (exact) mass is 223 g/mol. The van der Waals surface area contributed by atoms with Crippen molar-refractivity contribution >= 4 is 0 Å². The van der Waals surface area contributed by atoms with Gasteiger partial charge in [0.05, 0.1) is 13.2 Å². The van der Waals surface area contributed by atoms with Crippen molar-refractivity contribution in [3.63, 3.8) is 0 Å². The fourth-order valence-corrected chi connectivity index (χ4v) is 1.62. The highest BCUT2D eigenvalue weighted by Gasteiger charge is 2.09. The summed E-state index contributed by atoms with van der Waals surface area (Å²) in [5, 5.41) is 12.3. The fourth-order valence-electron chi connectivity index (χ4n) is 1.62. The summed E-state index contributed by atoms with van der Waals surface area (Å²) < 4.78 is 5.45. The molecule has 0 fully saturated rings. The minimum Gasteiger partial charge on any atom is -0.494 e.